The number of guanidine groups is 1. The lowest BCUT2D eigenvalue weighted by Gasteiger charge is -2.13. The van der Waals surface area contributed by atoms with Crippen molar-refractivity contribution in [3.63, 3.8) is 0 Å². The molecule has 0 aliphatic rings. The van der Waals surface area contributed by atoms with E-state index in [0.717, 1.165) is 36.8 Å². The third kappa shape index (κ3) is 6.84. The maximum absolute atomic E-state index is 5.69. The summed E-state index contributed by atoms with van der Waals surface area (Å²) in [6, 6.07) is 9.80. The summed E-state index contributed by atoms with van der Waals surface area (Å²) in [7, 11) is 3.43. The maximum atomic E-state index is 5.69. The van der Waals surface area contributed by atoms with E-state index in [1.54, 1.807) is 20.4 Å². The summed E-state index contributed by atoms with van der Waals surface area (Å²) in [6.45, 7) is 3.53. The van der Waals surface area contributed by atoms with Crippen LogP contribution in [0.4, 0.5) is 0 Å². The second kappa shape index (κ2) is 11.1. The molecular weight excluding hydrogens is 318 g/mol. The van der Waals surface area contributed by atoms with E-state index in [2.05, 4.69) is 20.7 Å². The van der Waals surface area contributed by atoms with Crippen molar-refractivity contribution >= 4 is 5.96 Å². The van der Waals surface area contributed by atoms with Gasteiger partial charge in [-0.1, -0.05) is 18.2 Å². The molecule has 25 heavy (non-hydrogen) atoms. The number of methoxy groups -OCH3 is 1. The number of hydrogen-bond donors (Lipinski definition) is 2. The van der Waals surface area contributed by atoms with Gasteiger partial charge in [-0.3, -0.25) is 9.67 Å². The van der Waals surface area contributed by atoms with Crippen LogP contribution in [0, 0.1) is 0 Å². The average Bonchev–Trinajstić information content (AvgIpc) is 3.17. The Morgan fingerprint density at radius 3 is 2.80 bits per heavy atom. The Bertz CT molecular complexity index is 628. The van der Waals surface area contributed by atoms with Crippen molar-refractivity contribution in [2.75, 3.05) is 33.9 Å². The third-order valence-electron chi connectivity index (χ3n) is 3.63. The number of ether oxygens (including phenoxy) is 2. The van der Waals surface area contributed by atoms with Crippen molar-refractivity contribution in [3.05, 3.63) is 48.3 Å². The number of aromatic nitrogens is 2. The Hall–Kier alpha value is -2.54. The van der Waals surface area contributed by atoms with E-state index in [0.29, 0.717) is 19.8 Å². The van der Waals surface area contributed by atoms with Crippen molar-refractivity contribution < 1.29 is 9.47 Å². The molecule has 0 spiro atoms. The fourth-order valence-corrected chi connectivity index (χ4v) is 2.35. The van der Waals surface area contributed by atoms with Gasteiger partial charge in [0.1, 0.15) is 5.75 Å². The lowest BCUT2D eigenvalue weighted by Crippen LogP contribution is -2.39. The smallest absolute Gasteiger partial charge is 0.191 e. The molecule has 7 heteroatoms. The second-order valence-electron chi connectivity index (χ2n) is 5.41. The quantitative estimate of drug-likeness (QED) is 0.389. The highest BCUT2D eigenvalue weighted by Crippen LogP contribution is 2.17. The van der Waals surface area contributed by atoms with E-state index >= 15 is 0 Å². The van der Waals surface area contributed by atoms with E-state index in [1.165, 1.54) is 0 Å². The van der Waals surface area contributed by atoms with E-state index < -0.39 is 0 Å². The van der Waals surface area contributed by atoms with E-state index in [-0.39, 0.29) is 0 Å². The first kappa shape index (κ1) is 18.8. The summed E-state index contributed by atoms with van der Waals surface area (Å²) < 4.78 is 12.9. The summed E-state index contributed by atoms with van der Waals surface area (Å²) in [5.74, 6) is 1.63. The minimum atomic E-state index is 0.529. The summed E-state index contributed by atoms with van der Waals surface area (Å²) in [6.07, 6.45) is 4.73. The van der Waals surface area contributed by atoms with Gasteiger partial charge in [0.25, 0.3) is 0 Å². The van der Waals surface area contributed by atoms with Crippen LogP contribution in [0.15, 0.2) is 47.7 Å². The molecule has 0 aliphatic heterocycles. The van der Waals surface area contributed by atoms with Crippen molar-refractivity contribution in [1.82, 2.24) is 20.4 Å². The van der Waals surface area contributed by atoms with Crippen LogP contribution in [-0.2, 0) is 17.9 Å². The number of benzene rings is 1. The van der Waals surface area contributed by atoms with Crippen LogP contribution in [0.2, 0.25) is 0 Å². The highest BCUT2D eigenvalue weighted by molar-refractivity contribution is 5.79. The SMILES string of the molecule is CN=C(NCCCn1cccn1)NCCOCc1ccccc1OC. The van der Waals surface area contributed by atoms with Gasteiger partial charge in [-0.25, -0.2) is 0 Å². The van der Waals surface area contributed by atoms with Crippen LogP contribution < -0.4 is 15.4 Å². The molecule has 0 atom stereocenters. The highest BCUT2D eigenvalue weighted by Gasteiger charge is 2.02. The first-order chi connectivity index (χ1) is 12.3. The molecule has 0 aliphatic carbocycles. The summed E-state index contributed by atoms with van der Waals surface area (Å²) in [4.78, 5) is 4.20. The zero-order chi connectivity index (χ0) is 17.7. The zero-order valence-corrected chi connectivity index (χ0v) is 14.9. The summed E-state index contributed by atoms with van der Waals surface area (Å²) >= 11 is 0. The lowest BCUT2D eigenvalue weighted by molar-refractivity contribution is 0.123. The number of aryl methyl sites for hydroxylation is 1. The Morgan fingerprint density at radius 2 is 2.04 bits per heavy atom. The molecule has 0 radical (unpaired) electrons. The second-order valence-corrected chi connectivity index (χ2v) is 5.41. The fourth-order valence-electron chi connectivity index (χ4n) is 2.35. The van der Waals surface area contributed by atoms with Crippen LogP contribution in [-0.4, -0.2) is 49.6 Å². The number of nitrogens with one attached hydrogen (secondary N) is 2. The number of nitrogens with zero attached hydrogens (tertiary/aromatic N) is 3. The van der Waals surface area contributed by atoms with Gasteiger partial charge in [0, 0.05) is 44.6 Å². The molecule has 0 saturated heterocycles. The average molecular weight is 345 g/mol. The van der Waals surface area contributed by atoms with Gasteiger partial charge in [0.05, 0.1) is 20.3 Å². The molecule has 0 amide bonds. The Balaban J connectivity index is 1.56. The van der Waals surface area contributed by atoms with Gasteiger partial charge in [0.15, 0.2) is 5.96 Å². The molecular formula is C18H27N5O2. The summed E-state index contributed by atoms with van der Waals surface area (Å²) in [5.41, 5.74) is 1.05. The van der Waals surface area contributed by atoms with Gasteiger partial charge < -0.3 is 20.1 Å². The minimum Gasteiger partial charge on any atom is -0.496 e. The first-order valence-corrected chi connectivity index (χ1v) is 8.45. The molecule has 1 aromatic heterocycles. The molecule has 7 nitrogen and oxygen atoms in total. The van der Waals surface area contributed by atoms with Crippen LogP contribution in [0.1, 0.15) is 12.0 Å². The monoisotopic (exact) mass is 345 g/mol. The van der Waals surface area contributed by atoms with Crippen molar-refractivity contribution in [3.8, 4) is 5.75 Å². The van der Waals surface area contributed by atoms with Crippen LogP contribution >= 0.6 is 0 Å². The van der Waals surface area contributed by atoms with Crippen LogP contribution in [0.25, 0.3) is 0 Å². The Morgan fingerprint density at radius 1 is 1.20 bits per heavy atom. The van der Waals surface area contributed by atoms with Crippen LogP contribution in [0.5, 0.6) is 5.75 Å². The zero-order valence-electron chi connectivity index (χ0n) is 14.9. The minimum absolute atomic E-state index is 0.529. The lowest BCUT2D eigenvalue weighted by atomic mass is 10.2. The summed E-state index contributed by atoms with van der Waals surface area (Å²) in [5, 5.41) is 10.7. The largest absolute Gasteiger partial charge is 0.496 e. The molecule has 2 aromatic rings. The van der Waals surface area contributed by atoms with Gasteiger partial charge in [-0.05, 0) is 18.6 Å². The van der Waals surface area contributed by atoms with E-state index in [9.17, 15) is 0 Å². The molecule has 2 N–H and O–H groups in total. The molecule has 2 rings (SSSR count). The van der Waals surface area contributed by atoms with Gasteiger partial charge in [-0.2, -0.15) is 5.10 Å². The molecule has 1 aromatic carbocycles. The predicted molar refractivity (Wildman–Crippen MR) is 98.9 cm³/mol. The maximum Gasteiger partial charge on any atom is 0.191 e. The first-order valence-electron chi connectivity index (χ1n) is 8.45. The number of para-hydroxylation sites is 1. The highest BCUT2D eigenvalue weighted by atomic mass is 16.5. The molecule has 0 bridgehead atoms. The third-order valence-corrected chi connectivity index (χ3v) is 3.63. The number of hydrogen-bond acceptors (Lipinski definition) is 4. The molecule has 0 fully saturated rings. The Kier molecular flexibility index (Phi) is 8.34. The fraction of sp³-hybridized carbons (Fsp3) is 0.444. The molecule has 0 unspecified atom stereocenters. The van der Waals surface area contributed by atoms with Crippen molar-refractivity contribution in [2.45, 2.75) is 19.6 Å². The predicted octanol–water partition coefficient (Wildman–Crippen LogP) is 1.66. The molecule has 1 heterocycles. The number of rotatable bonds is 10. The van der Waals surface area contributed by atoms with Gasteiger partial charge in [0.2, 0.25) is 0 Å². The van der Waals surface area contributed by atoms with Gasteiger partial charge in [-0.15, -0.1) is 0 Å². The van der Waals surface area contributed by atoms with Gasteiger partial charge >= 0.3 is 0 Å². The van der Waals surface area contributed by atoms with E-state index in [1.807, 2.05) is 41.2 Å². The standard InChI is InChI=1S/C18H27N5O2/c1-19-18(20-9-5-12-23-13-6-10-22-23)21-11-14-25-15-16-7-3-4-8-17(16)24-2/h3-4,6-8,10,13H,5,9,11-12,14-15H2,1-2H3,(H2,19,20,21). The van der Waals surface area contributed by atoms with Crippen molar-refractivity contribution in [1.29, 1.82) is 0 Å². The Labute approximate surface area is 149 Å². The molecule has 0 saturated carbocycles. The molecule has 136 valence electrons. The van der Waals surface area contributed by atoms with Crippen molar-refractivity contribution in [2.24, 2.45) is 4.99 Å². The normalized spacial score (nSPS) is 11.4. The van der Waals surface area contributed by atoms with E-state index in [4.69, 9.17) is 9.47 Å². The van der Waals surface area contributed by atoms with Crippen LogP contribution in [0.3, 0.4) is 0 Å². The number of aliphatic imine (C=N–C) groups is 1. The topological polar surface area (TPSA) is 72.7 Å².